The van der Waals surface area contributed by atoms with E-state index in [9.17, 15) is 22.0 Å². The molecule has 1 fully saturated rings. The molecule has 1 unspecified atom stereocenters. The largest absolute Gasteiger partial charge is 0.416 e. The number of likely N-dealkylation sites (tertiary alicyclic amines) is 1. The summed E-state index contributed by atoms with van der Waals surface area (Å²) < 4.78 is 72.8. The van der Waals surface area contributed by atoms with Crippen molar-refractivity contribution in [1.82, 2.24) is 4.90 Å². The monoisotopic (exact) mass is 475 g/mol. The fraction of sp³-hybridized carbons (Fsp3) is 0.333. The Morgan fingerprint density at radius 2 is 1.44 bits per heavy atom. The molecule has 0 aromatic heterocycles. The lowest BCUT2D eigenvalue weighted by molar-refractivity contribution is -0.138. The fourth-order valence-corrected chi connectivity index (χ4v) is 4.48. The predicted octanol–water partition coefficient (Wildman–Crippen LogP) is 7.00. The van der Waals surface area contributed by atoms with Crippen LogP contribution in [-0.4, -0.2) is 24.6 Å². The molecule has 34 heavy (non-hydrogen) atoms. The first kappa shape index (κ1) is 24.4. The summed E-state index contributed by atoms with van der Waals surface area (Å²) in [6, 6.07) is 17.8. The molecule has 0 N–H and O–H groups in total. The van der Waals surface area contributed by atoms with Gasteiger partial charge in [0.25, 0.3) is 0 Å². The van der Waals surface area contributed by atoms with E-state index < -0.39 is 17.8 Å². The average Bonchev–Trinajstić information content (AvgIpc) is 3.25. The van der Waals surface area contributed by atoms with E-state index in [1.54, 1.807) is 30.3 Å². The molecule has 1 heterocycles. The number of nitrogens with zero attached hydrogens (tertiary/aromatic N) is 1. The van der Waals surface area contributed by atoms with Crippen LogP contribution < -0.4 is 0 Å². The zero-order valence-electron chi connectivity index (χ0n) is 18.6. The summed E-state index contributed by atoms with van der Waals surface area (Å²) in [7, 11) is 0. The van der Waals surface area contributed by atoms with Gasteiger partial charge in [0.1, 0.15) is 17.7 Å². The molecule has 0 bridgehead atoms. The summed E-state index contributed by atoms with van der Waals surface area (Å²) in [5.41, 5.74) is 1.25. The van der Waals surface area contributed by atoms with Gasteiger partial charge in [0.05, 0.1) is 5.56 Å². The van der Waals surface area contributed by atoms with E-state index in [4.69, 9.17) is 4.74 Å². The second-order valence-corrected chi connectivity index (χ2v) is 8.69. The standard InChI is InChI=1S/C27H26F5NO/c28-23-9-5-20(6-10-23)26(21-7-11-24(29)12-8-21)34-16-14-19-13-15-33(17-19)18-22-3-1-2-4-25(22)27(30,31)32/h1-12,19,26H,13-18H2. The third-order valence-corrected chi connectivity index (χ3v) is 6.24. The molecule has 1 aliphatic heterocycles. The molecule has 1 aliphatic rings. The van der Waals surface area contributed by atoms with E-state index in [0.717, 1.165) is 36.6 Å². The van der Waals surface area contributed by atoms with Crippen LogP contribution in [0.5, 0.6) is 0 Å². The lowest BCUT2D eigenvalue weighted by atomic mass is 10.0. The van der Waals surface area contributed by atoms with Gasteiger partial charge in [-0.15, -0.1) is 0 Å². The van der Waals surface area contributed by atoms with E-state index in [2.05, 4.69) is 0 Å². The van der Waals surface area contributed by atoms with Gasteiger partial charge in [-0.3, -0.25) is 4.90 Å². The van der Waals surface area contributed by atoms with Gasteiger partial charge in [0, 0.05) is 19.7 Å². The first-order valence-electron chi connectivity index (χ1n) is 11.3. The van der Waals surface area contributed by atoms with Crippen molar-refractivity contribution < 1.29 is 26.7 Å². The minimum atomic E-state index is -4.36. The quantitative estimate of drug-likeness (QED) is 0.325. The third-order valence-electron chi connectivity index (χ3n) is 6.24. The smallest absolute Gasteiger partial charge is 0.369 e. The van der Waals surface area contributed by atoms with E-state index in [1.165, 1.54) is 36.4 Å². The number of rotatable bonds is 8. The summed E-state index contributed by atoms with van der Waals surface area (Å²) in [5.74, 6) is -0.389. The molecule has 4 rings (SSSR count). The van der Waals surface area contributed by atoms with Gasteiger partial charge in [0.2, 0.25) is 0 Å². The van der Waals surface area contributed by atoms with Gasteiger partial charge in [-0.1, -0.05) is 42.5 Å². The second kappa shape index (κ2) is 10.7. The van der Waals surface area contributed by atoms with E-state index in [-0.39, 0.29) is 18.2 Å². The highest BCUT2D eigenvalue weighted by Gasteiger charge is 2.34. The van der Waals surface area contributed by atoms with E-state index in [0.29, 0.717) is 24.6 Å². The van der Waals surface area contributed by atoms with Gasteiger partial charge in [-0.05, 0) is 72.3 Å². The summed E-state index contributed by atoms with van der Waals surface area (Å²) in [4.78, 5) is 2.05. The summed E-state index contributed by atoms with van der Waals surface area (Å²) in [5, 5.41) is 0. The van der Waals surface area contributed by atoms with Crippen LogP contribution in [-0.2, 0) is 17.5 Å². The highest BCUT2D eigenvalue weighted by molar-refractivity contribution is 5.31. The maximum Gasteiger partial charge on any atom is 0.416 e. The molecule has 0 aliphatic carbocycles. The van der Waals surface area contributed by atoms with Crippen LogP contribution in [0.3, 0.4) is 0 Å². The normalized spacial score (nSPS) is 16.9. The molecule has 2 nitrogen and oxygen atoms in total. The number of benzene rings is 3. The molecule has 0 radical (unpaired) electrons. The molecule has 7 heteroatoms. The second-order valence-electron chi connectivity index (χ2n) is 8.69. The van der Waals surface area contributed by atoms with Gasteiger partial charge in [-0.2, -0.15) is 13.2 Å². The van der Waals surface area contributed by atoms with Crippen molar-refractivity contribution in [3.05, 3.63) is 107 Å². The van der Waals surface area contributed by atoms with Gasteiger partial charge < -0.3 is 4.74 Å². The zero-order chi connectivity index (χ0) is 24.1. The first-order chi connectivity index (χ1) is 16.3. The lowest BCUT2D eigenvalue weighted by Crippen LogP contribution is -2.22. The molecular formula is C27H26F5NO. The van der Waals surface area contributed by atoms with Crippen molar-refractivity contribution in [2.24, 2.45) is 5.92 Å². The Morgan fingerprint density at radius 3 is 2.03 bits per heavy atom. The van der Waals surface area contributed by atoms with Gasteiger partial charge >= 0.3 is 6.18 Å². The highest BCUT2D eigenvalue weighted by Crippen LogP contribution is 2.33. The third kappa shape index (κ3) is 6.21. The van der Waals surface area contributed by atoms with Gasteiger partial charge in [0.15, 0.2) is 0 Å². The Balaban J connectivity index is 1.35. The van der Waals surface area contributed by atoms with E-state index >= 15 is 0 Å². The maximum absolute atomic E-state index is 13.4. The Bertz CT molecular complexity index is 1020. The molecule has 0 saturated carbocycles. The molecule has 0 amide bonds. The highest BCUT2D eigenvalue weighted by atomic mass is 19.4. The van der Waals surface area contributed by atoms with Crippen molar-refractivity contribution >= 4 is 0 Å². The summed E-state index contributed by atoms with van der Waals surface area (Å²) in [6.45, 7) is 2.13. The molecule has 1 atom stereocenters. The lowest BCUT2D eigenvalue weighted by Gasteiger charge is -2.21. The van der Waals surface area contributed by atoms with Crippen LogP contribution in [0.2, 0.25) is 0 Å². The van der Waals surface area contributed by atoms with Crippen molar-refractivity contribution in [3.63, 3.8) is 0 Å². The Labute approximate surface area is 196 Å². The first-order valence-corrected chi connectivity index (χ1v) is 11.3. The molecular weight excluding hydrogens is 449 g/mol. The number of ether oxygens (including phenoxy) is 1. The van der Waals surface area contributed by atoms with Crippen LogP contribution in [0.25, 0.3) is 0 Å². The van der Waals surface area contributed by atoms with Crippen LogP contribution in [0.4, 0.5) is 22.0 Å². The Kier molecular flexibility index (Phi) is 7.63. The molecule has 3 aromatic rings. The SMILES string of the molecule is Fc1ccc(C(OCCC2CCN(Cc3ccccc3C(F)(F)F)C2)c2ccc(F)cc2)cc1. The Hall–Kier alpha value is -2.77. The fourth-order valence-electron chi connectivity index (χ4n) is 4.48. The van der Waals surface area contributed by atoms with Crippen molar-refractivity contribution in [2.45, 2.75) is 31.7 Å². The van der Waals surface area contributed by atoms with Crippen LogP contribution in [0.15, 0.2) is 72.8 Å². The molecule has 1 saturated heterocycles. The number of halogens is 5. The predicted molar refractivity (Wildman–Crippen MR) is 120 cm³/mol. The maximum atomic E-state index is 13.4. The van der Waals surface area contributed by atoms with Crippen LogP contribution in [0, 0.1) is 17.6 Å². The molecule has 180 valence electrons. The van der Waals surface area contributed by atoms with Crippen molar-refractivity contribution in [3.8, 4) is 0 Å². The number of hydrogen-bond acceptors (Lipinski definition) is 2. The Morgan fingerprint density at radius 1 is 0.853 bits per heavy atom. The minimum Gasteiger partial charge on any atom is -0.369 e. The van der Waals surface area contributed by atoms with Crippen LogP contribution >= 0.6 is 0 Å². The van der Waals surface area contributed by atoms with E-state index in [1.807, 2.05) is 4.90 Å². The minimum absolute atomic E-state index is 0.265. The number of hydrogen-bond donors (Lipinski definition) is 0. The topological polar surface area (TPSA) is 12.5 Å². The summed E-state index contributed by atoms with van der Waals surface area (Å²) >= 11 is 0. The summed E-state index contributed by atoms with van der Waals surface area (Å²) in [6.07, 6.45) is -3.19. The zero-order valence-corrected chi connectivity index (χ0v) is 18.6. The van der Waals surface area contributed by atoms with Crippen LogP contribution in [0.1, 0.15) is 41.2 Å². The molecule has 0 spiro atoms. The van der Waals surface area contributed by atoms with Crippen molar-refractivity contribution in [1.29, 1.82) is 0 Å². The molecule has 3 aromatic carbocycles. The average molecular weight is 476 g/mol. The van der Waals surface area contributed by atoms with Gasteiger partial charge in [-0.25, -0.2) is 8.78 Å². The van der Waals surface area contributed by atoms with Crippen molar-refractivity contribution in [2.75, 3.05) is 19.7 Å². The number of alkyl halides is 3.